The molecular formula is C20H24N6O4. The van der Waals surface area contributed by atoms with Gasteiger partial charge >= 0.3 is 5.97 Å². The molecule has 10 nitrogen and oxygen atoms in total. The van der Waals surface area contributed by atoms with Crippen molar-refractivity contribution in [3.8, 4) is 0 Å². The summed E-state index contributed by atoms with van der Waals surface area (Å²) in [4.78, 5) is 46.3. The maximum atomic E-state index is 12.7. The highest BCUT2D eigenvalue weighted by molar-refractivity contribution is 5.92. The van der Waals surface area contributed by atoms with E-state index in [0.717, 1.165) is 16.5 Å². The molecule has 0 aliphatic rings. The lowest BCUT2D eigenvalue weighted by Crippen LogP contribution is -2.55. The molecule has 0 saturated carbocycles. The summed E-state index contributed by atoms with van der Waals surface area (Å²) in [7, 11) is 0. The molecule has 0 unspecified atom stereocenters. The fourth-order valence-corrected chi connectivity index (χ4v) is 3.11. The third kappa shape index (κ3) is 5.03. The molecule has 158 valence electrons. The Morgan fingerprint density at radius 3 is 2.60 bits per heavy atom. The van der Waals surface area contributed by atoms with Crippen LogP contribution < -0.4 is 16.4 Å². The van der Waals surface area contributed by atoms with Crippen LogP contribution in [0.25, 0.3) is 10.9 Å². The number of aliphatic carboxylic acids is 1. The Bertz CT molecular complexity index is 1030. The topological polar surface area (TPSA) is 166 Å². The minimum absolute atomic E-state index is 0.0905. The molecule has 3 aromatic rings. The average Bonchev–Trinajstić information content (AvgIpc) is 3.37. The lowest BCUT2D eigenvalue weighted by Gasteiger charge is -2.21. The Morgan fingerprint density at radius 2 is 1.90 bits per heavy atom. The number of carbonyl (C=O) groups is 3. The Labute approximate surface area is 172 Å². The molecule has 3 atom stereocenters. The molecule has 1 aromatic carbocycles. The van der Waals surface area contributed by atoms with Gasteiger partial charge in [-0.3, -0.25) is 14.4 Å². The number of carboxylic acids is 1. The van der Waals surface area contributed by atoms with Crippen molar-refractivity contribution in [1.29, 1.82) is 0 Å². The second-order valence-electron chi connectivity index (χ2n) is 7.06. The van der Waals surface area contributed by atoms with Gasteiger partial charge in [0.1, 0.15) is 12.1 Å². The number of carboxylic acid groups (broad SMARTS) is 1. The van der Waals surface area contributed by atoms with Crippen LogP contribution in [0.4, 0.5) is 0 Å². The third-order valence-electron chi connectivity index (χ3n) is 4.78. The monoisotopic (exact) mass is 412 g/mol. The first-order chi connectivity index (χ1) is 14.3. The molecule has 0 aliphatic carbocycles. The van der Waals surface area contributed by atoms with Crippen molar-refractivity contribution in [1.82, 2.24) is 25.6 Å². The number of aromatic nitrogens is 3. The average molecular weight is 412 g/mol. The van der Waals surface area contributed by atoms with Gasteiger partial charge in [-0.25, -0.2) is 4.98 Å². The molecule has 0 saturated heterocycles. The third-order valence-corrected chi connectivity index (χ3v) is 4.78. The maximum Gasteiger partial charge on any atom is 0.325 e. The van der Waals surface area contributed by atoms with E-state index < -0.39 is 35.9 Å². The van der Waals surface area contributed by atoms with E-state index in [2.05, 4.69) is 25.6 Å². The first-order valence-electron chi connectivity index (χ1n) is 9.47. The van der Waals surface area contributed by atoms with E-state index >= 15 is 0 Å². The molecule has 30 heavy (non-hydrogen) atoms. The van der Waals surface area contributed by atoms with E-state index in [9.17, 15) is 14.4 Å². The molecule has 2 aromatic heterocycles. The number of nitrogens with two attached hydrogens (primary N) is 1. The number of hydrogen-bond acceptors (Lipinski definition) is 5. The standard InChI is InChI=1S/C20H24N6O4/c1-11(20(29)30)25-19(28)17(7-13-9-22-10-24-13)26-18(27)15(21)6-12-8-23-16-5-3-2-4-14(12)16/h2-5,8-11,15,17,23H,6-7,21H2,1H3,(H,22,24)(H,25,28)(H,26,27)(H,29,30)/t11-,15+,17+/m0/s1. The first-order valence-corrected chi connectivity index (χ1v) is 9.47. The van der Waals surface area contributed by atoms with E-state index in [0.29, 0.717) is 5.69 Å². The molecule has 2 amide bonds. The van der Waals surface area contributed by atoms with Crippen LogP contribution >= 0.6 is 0 Å². The van der Waals surface area contributed by atoms with Gasteiger partial charge < -0.3 is 31.4 Å². The summed E-state index contributed by atoms with van der Waals surface area (Å²) in [5.41, 5.74) is 8.48. The van der Waals surface area contributed by atoms with Crippen LogP contribution in [0.2, 0.25) is 0 Å². The normalized spacial score (nSPS) is 14.1. The van der Waals surface area contributed by atoms with Gasteiger partial charge in [0.25, 0.3) is 0 Å². The highest BCUT2D eigenvalue weighted by atomic mass is 16.4. The smallest absolute Gasteiger partial charge is 0.325 e. The SMILES string of the molecule is C[C@H](NC(=O)[C@@H](Cc1c[nH]cn1)NC(=O)[C@H](N)Cc1c[nH]c2ccccc12)C(=O)O. The lowest BCUT2D eigenvalue weighted by molar-refractivity contribution is -0.141. The molecule has 10 heteroatoms. The number of fused-ring (bicyclic) bond motifs is 1. The van der Waals surface area contributed by atoms with Crippen LogP contribution in [0.3, 0.4) is 0 Å². The number of nitrogens with zero attached hydrogens (tertiary/aromatic N) is 1. The van der Waals surface area contributed by atoms with Crippen LogP contribution in [0.15, 0.2) is 43.0 Å². The Hall–Kier alpha value is -3.66. The van der Waals surface area contributed by atoms with Crippen LogP contribution in [0, 0.1) is 0 Å². The lowest BCUT2D eigenvalue weighted by atomic mass is 10.0. The molecular weight excluding hydrogens is 388 g/mol. The van der Waals surface area contributed by atoms with Gasteiger partial charge in [-0.2, -0.15) is 0 Å². The number of amides is 2. The van der Waals surface area contributed by atoms with E-state index in [1.54, 1.807) is 12.4 Å². The van der Waals surface area contributed by atoms with E-state index in [-0.39, 0.29) is 12.8 Å². The molecule has 0 aliphatic heterocycles. The van der Waals surface area contributed by atoms with Crippen molar-refractivity contribution in [3.63, 3.8) is 0 Å². The second-order valence-corrected chi connectivity index (χ2v) is 7.06. The fourth-order valence-electron chi connectivity index (χ4n) is 3.11. The summed E-state index contributed by atoms with van der Waals surface area (Å²) < 4.78 is 0. The first kappa shape index (κ1) is 21.1. The molecule has 7 N–H and O–H groups in total. The van der Waals surface area contributed by atoms with Crippen molar-refractivity contribution in [2.45, 2.75) is 37.9 Å². The van der Waals surface area contributed by atoms with Gasteiger partial charge in [-0.05, 0) is 25.0 Å². The number of para-hydroxylation sites is 1. The largest absolute Gasteiger partial charge is 0.480 e. The fraction of sp³-hybridized carbons (Fsp3) is 0.300. The van der Waals surface area contributed by atoms with Crippen molar-refractivity contribution < 1.29 is 19.5 Å². The molecule has 0 bridgehead atoms. The van der Waals surface area contributed by atoms with Crippen LogP contribution in [0.5, 0.6) is 0 Å². The minimum atomic E-state index is -1.18. The number of aromatic amines is 2. The van der Waals surface area contributed by atoms with E-state index in [1.165, 1.54) is 13.3 Å². The highest BCUT2D eigenvalue weighted by Crippen LogP contribution is 2.18. The van der Waals surface area contributed by atoms with Crippen LogP contribution in [-0.4, -0.2) is 56.0 Å². The number of H-pyrrole nitrogens is 2. The number of hydrogen-bond donors (Lipinski definition) is 6. The van der Waals surface area contributed by atoms with Crippen molar-refractivity contribution >= 4 is 28.7 Å². The summed E-state index contributed by atoms with van der Waals surface area (Å²) in [5, 5.41) is 15.0. The number of carbonyl (C=O) groups excluding carboxylic acids is 2. The predicted octanol–water partition coefficient (Wildman–Crippen LogP) is 0.0776. The Morgan fingerprint density at radius 1 is 1.13 bits per heavy atom. The van der Waals surface area contributed by atoms with Gasteiger partial charge in [-0.15, -0.1) is 0 Å². The van der Waals surface area contributed by atoms with Gasteiger partial charge in [0.15, 0.2) is 0 Å². The molecule has 2 heterocycles. The second kappa shape index (κ2) is 9.23. The number of imidazole rings is 1. The van der Waals surface area contributed by atoms with Crippen molar-refractivity contribution in [3.05, 3.63) is 54.2 Å². The summed E-state index contributed by atoms with van der Waals surface area (Å²) >= 11 is 0. The van der Waals surface area contributed by atoms with Gasteiger partial charge in [0.2, 0.25) is 11.8 Å². The Kier molecular flexibility index (Phi) is 6.48. The molecule has 3 rings (SSSR count). The van der Waals surface area contributed by atoms with Crippen molar-refractivity contribution in [2.24, 2.45) is 5.73 Å². The molecule has 0 spiro atoms. The summed E-state index contributed by atoms with van der Waals surface area (Å²) in [5.74, 6) is -2.32. The van der Waals surface area contributed by atoms with Crippen LogP contribution in [0.1, 0.15) is 18.2 Å². The molecule has 0 radical (unpaired) electrons. The highest BCUT2D eigenvalue weighted by Gasteiger charge is 2.27. The maximum absolute atomic E-state index is 12.7. The zero-order valence-electron chi connectivity index (χ0n) is 16.4. The zero-order valence-corrected chi connectivity index (χ0v) is 16.4. The van der Waals surface area contributed by atoms with Crippen molar-refractivity contribution in [2.75, 3.05) is 0 Å². The Balaban J connectivity index is 1.69. The zero-order chi connectivity index (χ0) is 21.7. The van der Waals surface area contributed by atoms with Gasteiger partial charge in [-0.1, -0.05) is 18.2 Å². The quantitative estimate of drug-likeness (QED) is 0.291. The minimum Gasteiger partial charge on any atom is -0.480 e. The number of rotatable bonds is 9. The number of nitrogens with one attached hydrogen (secondary N) is 4. The molecule has 0 fully saturated rings. The number of benzene rings is 1. The van der Waals surface area contributed by atoms with Gasteiger partial charge in [0.05, 0.1) is 18.1 Å². The van der Waals surface area contributed by atoms with E-state index in [4.69, 9.17) is 10.8 Å². The summed E-state index contributed by atoms with van der Waals surface area (Å²) in [6, 6.07) is 4.67. The van der Waals surface area contributed by atoms with E-state index in [1.807, 2.05) is 24.3 Å². The van der Waals surface area contributed by atoms with Crippen LogP contribution in [-0.2, 0) is 27.2 Å². The summed E-state index contributed by atoms with van der Waals surface area (Å²) in [6.07, 6.45) is 5.22. The summed E-state index contributed by atoms with van der Waals surface area (Å²) in [6.45, 7) is 1.34. The predicted molar refractivity (Wildman–Crippen MR) is 109 cm³/mol. The van der Waals surface area contributed by atoms with Gasteiger partial charge in [0, 0.05) is 29.7 Å².